The average Bonchev–Trinajstić information content (AvgIpc) is 2.38. The number of carbonyl (C=O) groups excluding carboxylic acids is 1. The number of rotatable bonds is 12. The van der Waals surface area contributed by atoms with E-state index >= 15 is 0 Å². The van der Waals surface area contributed by atoms with E-state index in [-0.39, 0.29) is 18.4 Å². The highest BCUT2D eigenvalue weighted by Crippen LogP contribution is 1.98. The van der Waals surface area contributed by atoms with E-state index in [1.54, 1.807) is 14.0 Å². The minimum Gasteiger partial charge on any atom is -0.481 e. The predicted octanol–water partition coefficient (Wildman–Crippen LogP) is 0.840. The van der Waals surface area contributed by atoms with Crippen molar-refractivity contribution in [3.05, 3.63) is 0 Å². The highest BCUT2D eigenvalue weighted by Gasteiger charge is 2.08. The van der Waals surface area contributed by atoms with Crippen molar-refractivity contribution in [1.82, 2.24) is 10.6 Å². The molecule has 0 aromatic rings. The Labute approximate surface area is 120 Å². The lowest BCUT2D eigenvalue weighted by molar-refractivity contribution is -0.137. The van der Waals surface area contributed by atoms with Crippen molar-refractivity contribution in [2.75, 3.05) is 40.0 Å². The first kappa shape index (κ1) is 18.7. The molecule has 0 aliphatic heterocycles. The number of carbonyl (C=O) groups is 2. The van der Waals surface area contributed by atoms with Crippen molar-refractivity contribution in [1.29, 1.82) is 0 Å². The Kier molecular flexibility index (Phi) is 11.8. The maximum atomic E-state index is 11.4. The van der Waals surface area contributed by atoms with Crippen LogP contribution >= 0.6 is 0 Å². The fraction of sp³-hybridized carbons (Fsp3) is 0.846. The molecule has 0 bridgehead atoms. The van der Waals surface area contributed by atoms with Crippen LogP contribution in [0.5, 0.6) is 0 Å². The second kappa shape index (κ2) is 12.7. The van der Waals surface area contributed by atoms with Gasteiger partial charge in [0.25, 0.3) is 0 Å². The smallest absolute Gasteiger partial charge is 0.314 e. The number of aliphatic carboxylic acids is 1. The van der Waals surface area contributed by atoms with Crippen LogP contribution in [0, 0.1) is 5.92 Å². The van der Waals surface area contributed by atoms with Gasteiger partial charge in [-0.1, -0.05) is 6.92 Å². The van der Waals surface area contributed by atoms with Crippen LogP contribution in [-0.4, -0.2) is 57.1 Å². The summed E-state index contributed by atoms with van der Waals surface area (Å²) in [7, 11) is 1.63. The van der Waals surface area contributed by atoms with Crippen LogP contribution in [-0.2, 0) is 14.3 Å². The van der Waals surface area contributed by atoms with Gasteiger partial charge in [0.15, 0.2) is 0 Å². The molecular formula is C13H26N2O5. The Morgan fingerprint density at radius 2 is 1.90 bits per heavy atom. The molecular weight excluding hydrogens is 264 g/mol. The molecule has 0 radical (unpaired) electrons. The Bertz CT molecular complexity index is 273. The van der Waals surface area contributed by atoms with Gasteiger partial charge in [0.05, 0.1) is 13.2 Å². The number of carboxylic acid groups (broad SMARTS) is 1. The van der Waals surface area contributed by atoms with Crippen molar-refractivity contribution in [2.45, 2.75) is 26.2 Å². The van der Waals surface area contributed by atoms with E-state index in [1.165, 1.54) is 0 Å². The molecule has 118 valence electrons. The van der Waals surface area contributed by atoms with Crippen molar-refractivity contribution in [3.8, 4) is 0 Å². The number of nitrogens with one attached hydrogen (secondary N) is 2. The summed E-state index contributed by atoms with van der Waals surface area (Å²) in [5, 5.41) is 13.9. The van der Waals surface area contributed by atoms with E-state index in [0.717, 1.165) is 12.8 Å². The minimum absolute atomic E-state index is 0.0547. The molecule has 0 rings (SSSR count). The molecule has 0 spiro atoms. The van der Waals surface area contributed by atoms with Gasteiger partial charge in [0.1, 0.15) is 0 Å². The Morgan fingerprint density at radius 1 is 1.15 bits per heavy atom. The van der Waals surface area contributed by atoms with Gasteiger partial charge in [-0.2, -0.15) is 0 Å². The third kappa shape index (κ3) is 13.1. The fourth-order valence-electron chi connectivity index (χ4n) is 1.48. The first-order valence-corrected chi connectivity index (χ1v) is 6.86. The van der Waals surface area contributed by atoms with Crippen molar-refractivity contribution >= 4 is 12.0 Å². The summed E-state index contributed by atoms with van der Waals surface area (Å²) in [6, 6.07) is -0.262. The first-order chi connectivity index (χ1) is 9.56. The largest absolute Gasteiger partial charge is 0.481 e. The summed E-state index contributed by atoms with van der Waals surface area (Å²) in [5.74, 6) is -0.930. The van der Waals surface area contributed by atoms with E-state index in [4.69, 9.17) is 14.6 Å². The third-order valence-electron chi connectivity index (χ3n) is 2.57. The number of unbranched alkanes of at least 4 members (excludes halogenated alkanes) is 1. The Hall–Kier alpha value is -1.34. The quantitative estimate of drug-likeness (QED) is 0.463. The molecule has 2 amide bonds. The molecule has 0 saturated carbocycles. The van der Waals surface area contributed by atoms with E-state index in [0.29, 0.717) is 32.9 Å². The maximum Gasteiger partial charge on any atom is 0.314 e. The van der Waals surface area contributed by atoms with Crippen LogP contribution in [0.2, 0.25) is 0 Å². The van der Waals surface area contributed by atoms with Crippen molar-refractivity contribution < 1.29 is 24.2 Å². The predicted molar refractivity (Wildman–Crippen MR) is 74.7 cm³/mol. The molecule has 0 fully saturated rings. The van der Waals surface area contributed by atoms with Crippen LogP contribution in [0.15, 0.2) is 0 Å². The number of amides is 2. The lowest BCUT2D eigenvalue weighted by Gasteiger charge is -2.11. The monoisotopic (exact) mass is 290 g/mol. The normalized spacial score (nSPS) is 11.9. The second-order valence-corrected chi connectivity index (χ2v) is 4.65. The lowest BCUT2D eigenvalue weighted by atomic mass is 10.1. The van der Waals surface area contributed by atoms with Crippen LogP contribution in [0.25, 0.3) is 0 Å². The Morgan fingerprint density at radius 3 is 2.55 bits per heavy atom. The summed E-state index contributed by atoms with van der Waals surface area (Å²) in [5.41, 5.74) is 0. The van der Waals surface area contributed by atoms with E-state index < -0.39 is 5.97 Å². The van der Waals surface area contributed by atoms with Crippen molar-refractivity contribution in [2.24, 2.45) is 5.92 Å². The number of methoxy groups -OCH3 is 1. The maximum absolute atomic E-state index is 11.4. The van der Waals surface area contributed by atoms with Crippen LogP contribution in [0.3, 0.4) is 0 Å². The zero-order valence-electron chi connectivity index (χ0n) is 12.3. The van der Waals surface area contributed by atoms with Gasteiger partial charge in [-0.15, -0.1) is 0 Å². The summed E-state index contributed by atoms with van der Waals surface area (Å²) in [4.78, 5) is 21.8. The standard InChI is InChI=1S/C13H26N2O5/c1-11(9-12(16)17)10-15-13(18)14-5-3-4-6-20-8-7-19-2/h11H,3-10H2,1-2H3,(H,16,17)(H2,14,15,18). The van der Waals surface area contributed by atoms with E-state index in [1.807, 2.05) is 0 Å². The van der Waals surface area contributed by atoms with Gasteiger partial charge < -0.3 is 25.2 Å². The Balaban J connectivity index is 3.34. The van der Waals surface area contributed by atoms with Gasteiger partial charge in [-0.05, 0) is 18.8 Å². The topological polar surface area (TPSA) is 96.9 Å². The molecule has 0 aliphatic carbocycles. The fourth-order valence-corrected chi connectivity index (χ4v) is 1.48. The summed E-state index contributed by atoms with van der Waals surface area (Å²) >= 11 is 0. The molecule has 20 heavy (non-hydrogen) atoms. The number of carboxylic acids is 1. The summed E-state index contributed by atoms with van der Waals surface area (Å²) in [6.07, 6.45) is 1.77. The molecule has 0 heterocycles. The second-order valence-electron chi connectivity index (χ2n) is 4.65. The van der Waals surface area contributed by atoms with Crippen molar-refractivity contribution in [3.63, 3.8) is 0 Å². The van der Waals surface area contributed by atoms with E-state index in [9.17, 15) is 9.59 Å². The zero-order valence-corrected chi connectivity index (χ0v) is 12.3. The summed E-state index contributed by atoms with van der Waals surface area (Å²) < 4.78 is 10.1. The lowest BCUT2D eigenvalue weighted by Crippen LogP contribution is -2.38. The SMILES string of the molecule is COCCOCCCCNC(=O)NCC(C)CC(=O)O. The first-order valence-electron chi connectivity index (χ1n) is 6.86. The van der Waals surface area contributed by atoms with E-state index in [2.05, 4.69) is 10.6 Å². The third-order valence-corrected chi connectivity index (χ3v) is 2.57. The highest BCUT2D eigenvalue weighted by atomic mass is 16.5. The molecule has 7 nitrogen and oxygen atoms in total. The molecule has 1 unspecified atom stereocenters. The number of urea groups is 1. The molecule has 0 aliphatic rings. The van der Waals surface area contributed by atoms with Crippen LogP contribution < -0.4 is 10.6 Å². The molecule has 0 aromatic carbocycles. The molecule has 7 heteroatoms. The molecule has 0 saturated heterocycles. The molecule has 3 N–H and O–H groups in total. The number of hydrogen-bond acceptors (Lipinski definition) is 4. The van der Waals surface area contributed by atoms with Crippen LogP contribution in [0.1, 0.15) is 26.2 Å². The average molecular weight is 290 g/mol. The van der Waals surface area contributed by atoms with Gasteiger partial charge >= 0.3 is 12.0 Å². The van der Waals surface area contributed by atoms with Crippen LogP contribution in [0.4, 0.5) is 4.79 Å². The minimum atomic E-state index is -0.854. The van der Waals surface area contributed by atoms with Gasteiger partial charge in [0, 0.05) is 33.2 Å². The number of ether oxygens (including phenoxy) is 2. The zero-order chi connectivity index (χ0) is 15.2. The number of hydrogen-bond donors (Lipinski definition) is 3. The molecule has 1 atom stereocenters. The van der Waals surface area contributed by atoms with Gasteiger partial charge in [-0.25, -0.2) is 4.79 Å². The van der Waals surface area contributed by atoms with Gasteiger partial charge in [0.2, 0.25) is 0 Å². The molecule has 0 aromatic heterocycles. The highest BCUT2D eigenvalue weighted by molar-refractivity contribution is 5.73. The van der Waals surface area contributed by atoms with Gasteiger partial charge in [-0.3, -0.25) is 4.79 Å². The summed E-state index contributed by atoms with van der Waals surface area (Å²) in [6.45, 7) is 4.56.